The lowest BCUT2D eigenvalue weighted by Gasteiger charge is -2.43. The maximum absolute atomic E-state index is 14.4. The minimum Gasteiger partial charge on any atom is -0.357 e. The molecule has 2 amide bonds. The molecular weight excluding hydrogens is 321 g/mol. The number of nitrogens with zero attached hydrogens (tertiary/aromatic N) is 2. The van der Waals surface area contributed by atoms with Gasteiger partial charge in [-0.2, -0.15) is 0 Å². The number of hydrogen-bond donors (Lipinski definition) is 1. The highest BCUT2D eigenvalue weighted by atomic mass is 19.1. The van der Waals surface area contributed by atoms with Gasteiger partial charge in [0.15, 0.2) is 5.67 Å². The van der Waals surface area contributed by atoms with Crippen LogP contribution in [-0.2, 0) is 16.6 Å². The monoisotopic (exact) mass is 345 g/mol. The highest BCUT2D eigenvalue weighted by molar-refractivity contribution is 5.92. The summed E-state index contributed by atoms with van der Waals surface area (Å²) < 4.78 is 16.3. The summed E-state index contributed by atoms with van der Waals surface area (Å²) in [6.07, 6.45) is 14.5. The second kappa shape index (κ2) is 8.46. The highest BCUT2D eigenvalue weighted by Gasteiger charge is 2.45. The Hall–Kier alpha value is -2.63. The molecular formula is C19H24FN3O2. The number of likely N-dealkylation sites (tertiary alicyclic amines) is 1. The maximum atomic E-state index is 14.4. The van der Waals surface area contributed by atoms with Gasteiger partial charge in [0, 0.05) is 31.6 Å². The number of alkyl halides is 1. The van der Waals surface area contributed by atoms with Gasteiger partial charge in [0.05, 0.1) is 19.6 Å². The fourth-order valence-corrected chi connectivity index (χ4v) is 2.46. The van der Waals surface area contributed by atoms with Gasteiger partial charge in [0.25, 0.3) is 0 Å². The molecule has 2 heterocycles. The Morgan fingerprint density at radius 2 is 2.08 bits per heavy atom. The average Bonchev–Trinajstić information content (AvgIpc) is 2.97. The van der Waals surface area contributed by atoms with Gasteiger partial charge in [-0.05, 0) is 24.1 Å². The molecule has 0 saturated carbocycles. The van der Waals surface area contributed by atoms with Gasteiger partial charge in [-0.1, -0.05) is 25.2 Å². The molecule has 1 aromatic rings. The van der Waals surface area contributed by atoms with E-state index in [0.717, 1.165) is 12.0 Å². The standard InChI is InChI=1S/C19H24FN3O2/c1-3-4-5-6-7-17(24)21-13-19(20)14-23(15-19)18(25)9-8-16-10-11-22(2)12-16/h4-12H,3,13-15H2,1-2H3,(H,21,24)/b5-4+,7-6+,9-8+. The van der Waals surface area contributed by atoms with E-state index in [0.29, 0.717) is 0 Å². The summed E-state index contributed by atoms with van der Waals surface area (Å²) in [5.41, 5.74) is -0.641. The highest BCUT2D eigenvalue weighted by Crippen LogP contribution is 2.25. The SMILES string of the molecule is CC/C=C/C=C/C(=O)NCC1(F)CN(C(=O)/C=C/c2ccn(C)c2)C1. The molecule has 134 valence electrons. The van der Waals surface area contributed by atoms with Crippen molar-refractivity contribution in [2.45, 2.75) is 19.0 Å². The van der Waals surface area contributed by atoms with Crippen molar-refractivity contribution in [3.8, 4) is 0 Å². The smallest absolute Gasteiger partial charge is 0.246 e. The number of carbonyl (C=O) groups is 2. The van der Waals surface area contributed by atoms with Crippen LogP contribution in [0.25, 0.3) is 6.08 Å². The first-order chi connectivity index (χ1) is 11.9. The fraction of sp³-hybridized carbons (Fsp3) is 0.368. The summed E-state index contributed by atoms with van der Waals surface area (Å²) in [6.45, 7) is 1.88. The van der Waals surface area contributed by atoms with Gasteiger partial charge in [0.1, 0.15) is 0 Å². The molecule has 1 N–H and O–H groups in total. The van der Waals surface area contributed by atoms with E-state index in [1.807, 2.05) is 43.1 Å². The predicted octanol–water partition coefficient (Wildman–Crippen LogP) is 2.23. The molecule has 0 radical (unpaired) electrons. The number of hydrogen-bond acceptors (Lipinski definition) is 2. The third-order valence-electron chi connectivity index (χ3n) is 3.84. The number of rotatable bonds is 7. The first-order valence-corrected chi connectivity index (χ1v) is 8.31. The minimum absolute atomic E-state index is 0.00923. The van der Waals surface area contributed by atoms with Gasteiger partial charge in [-0.15, -0.1) is 0 Å². The lowest BCUT2D eigenvalue weighted by atomic mass is 9.96. The molecule has 5 nitrogen and oxygen atoms in total. The normalized spacial score (nSPS) is 16.7. The van der Waals surface area contributed by atoms with Crippen molar-refractivity contribution in [2.24, 2.45) is 7.05 Å². The second-order valence-corrected chi connectivity index (χ2v) is 6.20. The summed E-state index contributed by atoms with van der Waals surface area (Å²) in [7, 11) is 1.90. The summed E-state index contributed by atoms with van der Waals surface area (Å²) in [5.74, 6) is -0.570. The van der Waals surface area contributed by atoms with Crippen LogP contribution in [0.4, 0.5) is 4.39 Å². The number of carbonyl (C=O) groups excluding carboxylic acids is 2. The molecule has 6 heteroatoms. The lowest BCUT2D eigenvalue weighted by Crippen LogP contribution is -2.64. The molecule has 0 bridgehead atoms. The van der Waals surface area contributed by atoms with Crippen LogP contribution < -0.4 is 5.32 Å². The van der Waals surface area contributed by atoms with E-state index in [-0.39, 0.29) is 31.4 Å². The summed E-state index contributed by atoms with van der Waals surface area (Å²) in [6, 6.07) is 1.89. The van der Waals surface area contributed by atoms with Gasteiger partial charge in [-0.25, -0.2) is 4.39 Å². The number of allylic oxidation sites excluding steroid dienone is 3. The van der Waals surface area contributed by atoms with Crippen molar-refractivity contribution < 1.29 is 14.0 Å². The Labute approximate surface area is 147 Å². The Balaban J connectivity index is 1.73. The number of amides is 2. The van der Waals surface area contributed by atoms with Crippen LogP contribution in [-0.4, -0.2) is 46.6 Å². The van der Waals surface area contributed by atoms with E-state index in [9.17, 15) is 14.0 Å². The molecule has 0 aromatic carbocycles. The Morgan fingerprint density at radius 1 is 1.32 bits per heavy atom. The molecule has 0 atom stereocenters. The van der Waals surface area contributed by atoms with Crippen LogP contribution in [0.15, 0.2) is 48.8 Å². The Kier molecular flexibility index (Phi) is 6.33. The second-order valence-electron chi connectivity index (χ2n) is 6.20. The van der Waals surface area contributed by atoms with Crippen LogP contribution in [0.1, 0.15) is 18.9 Å². The molecule has 1 aliphatic heterocycles. The average molecular weight is 345 g/mol. The zero-order valence-electron chi connectivity index (χ0n) is 14.6. The minimum atomic E-state index is -1.56. The molecule has 1 saturated heterocycles. The van der Waals surface area contributed by atoms with Gasteiger partial charge >= 0.3 is 0 Å². The van der Waals surface area contributed by atoms with Gasteiger partial charge in [0.2, 0.25) is 11.8 Å². The van der Waals surface area contributed by atoms with E-state index in [2.05, 4.69) is 5.32 Å². The molecule has 1 aliphatic rings. The number of nitrogens with one attached hydrogen (secondary N) is 1. The maximum Gasteiger partial charge on any atom is 0.246 e. The molecule has 0 spiro atoms. The van der Waals surface area contributed by atoms with Crippen molar-refractivity contribution in [2.75, 3.05) is 19.6 Å². The van der Waals surface area contributed by atoms with Crippen LogP contribution in [0.5, 0.6) is 0 Å². The largest absolute Gasteiger partial charge is 0.357 e. The zero-order chi connectivity index (χ0) is 18.3. The van der Waals surface area contributed by atoms with E-state index < -0.39 is 5.67 Å². The summed E-state index contributed by atoms with van der Waals surface area (Å²) in [4.78, 5) is 25.0. The molecule has 0 aliphatic carbocycles. The third-order valence-corrected chi connectivity index (χ3v) is 3.84. The van der Waals surface area contributed by atoms with E-state index in [4.69, 9.17) is 0 Å². The Bertz CT molecular complexity index is 697. The molecule has 0 unspecified atom stereocenters. The quantitative estimate of drug-likeness (QED) is 0.609. The topological polar surface area (TPSA) is 54.3 Å². The van der Waals surface area contributed by atoms with E-state index in [1.54, 1.807) is 18.2 Å². The van der Waals surface area contributed by atoms with Crippen molar-refractivity contribution in [3.63, 3.8) is 0 Å². The lowest BCUT2D eigenvalue weighted by molar-refractivity contribution is -0.139. The van der Waals surface area contributed by atoms with Crippen LogP contribution >= 0.6 is 0 Å². The molecule has 1 aromatic heterocycles. The van der Waals surface area contributed by atoms with Gasteiger partial charge < -0.3 is 14.8 Å². The number of halogens is 1. The van der Waals surface area contributed by atoms with E-state index in [1.165, 1.54) is 17.1 Å². The Morgan fingerprint density at radius 3 is 2.72 bits per heavy atom. The third kappa shape index (κ3) is 5.74. The van der Waals surface area contributed by atoms with Crippen LogP contribution in [0.3, 0.4) is 0 Å². The first kappa shape index (κ1) is 18.7. The predicted molar refractivity (Wildman–Crippen MR) is 96.4 cm³/mol. The molecule has 1 fully saturated rings. The zero-order valence-corrected chi connectivity index (χ0v) is 14.6. The molecule has 25 heavy (non-hydrogen) atoms. The van der Waals surface area contributed by atoms with Gasteiger partial charge in [-0.3, -0.25) is 9.59 Å². The summed E-state index contributed by atoms with van der Waals surface area (Å²) in [5, 5.41) is 2.53. The van der Waals surface area contributed by atoms with Crippen molar-refractivity contribution in [3.05, 3.63) is 54.4 Å². The number of aryl methyl sites for hydroxylation is 1. The molecule has 2 rings (SSSR count). The fourth-order valence-electron chi connectivity index (χ4n) is 2.46. The number of aromatic nitrogens is 1. The van der Waals surface area contributed by atoms with Crippen molar-refractivity contribution >= 4 is 17.9 Å². The van der Waals surface area contributed by atoms with Crippen molar-refractivity contribution in [1.82, 2.24) is 14.8 Å². The van der Waals surface area contributed by atoms with Crippen LogP contribution in [0, 0.1) is 0 Å². The first-order valence-electron chi connectivity index (χ1n) is 8.31. The van der Waals surface area contributed by atoms with Crippen molar-refractivity contribution in [1.29, 1.82) is 0 Å². The van der Waals surface area contributed by atoms with E-state index >= 15 is 0 Å². The summed E-state index contributed by atoms with van der Waals surface area (Å²) >= 11 is 0. The van der Waals surface area contributed by atoms with Crippen LogP contribution in [0.2, 0.25) is 0 Å².